The fraction of sp³-hybridized carbons (Fsp3) is 0.909. The average Bonchev–Trinajstić information content (AvgIpc) is 2.18. The minimum absolute atomic E-state index is 0.345. The first-order chi connectivity index (χ1) is 6.65. The Balaban J connectivity index is 2.34. The number of carbonyl (C=O) groups excluding carboxylic acids is 1. The van der Waals surface area contributed by atoms with Crippen LogP contribution < -0.4 is 0 Å². The van der Waals surface area contributed by atoms with Gasteiger partial charge in [0.05, 0.1) is 0 Å². The Morgan fingerprint density at radius 2 is 2.29 bits per heavy atom. The lowest BCUT2D eigenvalue weighted by atomic mass is 9.99. The molecule has 1 saturated heterocycles. The summed E-state index contributed by atoms with van der Waals surface area (Å²) < 4.78 is 0. The molecular formula is C11H20BrNO. The van der Waals surface area contributed by atoms with E-state index in [1.807, 2.05) is 4.90 Å². The highest BCUT2D eigenvalue weighted by molar-refractivity contribution is 9.09. The zero-order valence-corrected chi connectivity index (χ0v) is 10.7. The Morgan fingerprint density at radius 1 is 1.57 bits per heavy atom. The van der Waals surface area contributed by atoms with Gasteiger partial charge in [-0.1, -0.05) is 36.2 Å². The highest BCUT2D eigenvalue weighted by Crippen LogP contribution is 2.23. The zero-order valence-electron chi connectivity index (χ0n) is 9.13. The highest BCUT2D eigenvalue weighted by Gasteiger charge is 2.26. The number of unbranched alkanes of at least 4 members (excludes halogenated alkanes) is 1. The molecule has 82 valence electrons. The highest BCUT2D eigenvalue weighted by atomic mass is 79.9. The molecule has 1 aliphatic rings. The van der Waals surface area contributed by atoms with E-state index in [-0.39, 0.29) is 0 Å². The van der Waals surface area contributed by atoms with Crippen LogP contribution in [0.2, 0.25) is 0 Å². The van der Waals surface area contributed by atoms with Crippen molar-refractivity contribution in [3.8, 4) is 0 Å². The second kappa shape index (κ2) is 5.74. The number of halogens is 1. The number of carbonyl (C=O) groups is 1. The van der Waals surface area contributed by atoms with Gasteiger partial charge in [-0.05, 0) is 18.8 Å². The van der Waals surface area contributed by atoms with Crippen molar-refractivity contribution in [2.24, 2.45) is 5.92 Å². The fourth-order valence-electron chi connectivity index (χ4n) is 1.83. The van der Waals surface area contributed by atoms with Crippen LogP contribution in [0.4, 0.5) is 0 Å². The van der Waals surface area contributed by atoms with Gasteiger partial charge in [-0.25, -0.2) is 0 Å². The van der Waals surface area contributed by atoms with Crippen molar-refractivity contribution in [1.29, 1.82) is 0 Å². The minimum Gasteiger partial charge on any atom is -0.342 e. The second-order valence-corrected chi connectivity index (χ2v) is 5.40. The fourth-order valence-corrected chi connectivity index (χ4v) is 2.20. The molecule has 2 atom stereocenters. The Kier molecular flexibility index (Phi) is 4.93. The summed E-state index contributed by atoms with van der Waals surface area (Å²) in [4.78, 5) is 14.3. The number of rotatable bonds is 3. The first kappa shape index (κ1) is 12.0. The molecular weight excluding hydrogens is 242 g/mol. The van der Waals surface area contributed by atoms with E-state index in [9.17, 15) is 4.79 Å². The molecule has 0 aromatic carbocycles. The number of piperidine rings is 1. The largest absolute Gasteiger partial charge is 0.342 e. The maximum absolute atomic E-state index is 11.7. The Morgan fingerprint density at radius 3 is 2.86 bits per heavy atom. The summed E-state index contributed by atoms with van der Waals surface area (Å²) in [5.41, 5.74) is 0. The van der Waals surface area contributed by atoms with Crippen LogP contribution in [-0.4, -0.2) is 28.7 Å². The van der Waals surface area contributed by atoms with Crippen LogP contribution in [0.25, 0.3) is 0 Å². The molecule has 1 amide bonds. The normalized spacial score (nSPS) is 27.8. The predicted octanol–water partition coefficient (Wildman–Crippen LogP) is 2.81. The van der Waals surface area contributed by atoms with Crippen molar-refractivity contribution in [2.75, 3.05) is 13.1 Å². The van der Waals surface area contributed by atoms with Gasteiger partial charge in [0.1, 0.15) is 0 Å². The molecule has 2 nitrogen and oxygen atoms in total. The third kappa shape index (κ3) is 3.26. The van der Waals surface area contributed by atoms with Crippen LogP contribution in [-0.2, 0) is 4.79 Å². The maximum Gasteiger partial charge on any atom is 0.222 e. The van der Waals surface area contributed by atoms with E-state index < -0.39 is 0 Å². The number of nitrogens with zero attached hydrogens (tertiary/aromatic N) is 1. The third-order valence-electron chi connectivity index (χ3n) is 2.90. The van der Waals surface area contributed by atoms with Crippen LogP contribution >= 0.6 is 15.9 Å². The summed E-state index contributed by atoms with van der Waals surface area (Å²) in [5.74, 6) is 0.937. The van der Waals surface area contributed by atoms with E-state index in [0.717, 1.165) is 38.8 Å². The molecule has 0 spiro atoms. The average molecular weight is 262 g/mol. The van der Waals surface area contributed by atoms with Gasteiger partial charge in [0.2, 0.25) is 5.91 Å². The lowest BCUT2D eigenvalue weighted by Crippen LogP contribution is -2.43. The molecule has 0 aliphatic carbocycles. The van der Waals surface area contributed by atoms with Crippen molar-refractivity contribution in [2.45, 2.75) is 44.4 Å². The van der Waals surface area contributed by atoms with Gasteiger partial charge in [-0.2, -0.15) is 0 Å². The Bertz CT molecular complexity index is 196. The molecule has 0 bridgehead atoms. The summed E-state index contributed by atoms with van der Waals surface area (Å²) in [6.07, 6.45) is 3.97. The van der Waals surface area contributed by atoms with Gasteiger partial charge in [0, 0.05) is 24.3 Å². The predicted molar refractivity (Wildman–Crippen MR) is 62.6 cm³/mol. The summed E-state index contributed by atoms with van der Waals surface area (Å²) in [6, 6.07) is 0. The van der Waals surface area contributed by atoms with E-state index in [1.54, 1.807) is 0 Å². The van der Waals surface area contributed by atoms with Gasteiger partial charge in [-0.15, -0.1) is 0 Å². The van der Waals surface area contributed by atoms with Crippen molar-refractivity contribution in [3.05, 3.63) is 0 Å². The van der Waals surface area contributed by atoms with Crippen LogP contribution in [0.5, 0.6) is 0 Å². The summed E-state index contributed by atoms with van der Waals surface area (Å²) >= 11 is 3.64. The minimum atomic E-state index is 0.345. The van der Waals surface area contributed by atoms with E-state index in [4.69, 9.17) is 0 Å². The Labute approximate surface area is 95.2 Å². The quantitative estimate of drug-likeness (QED) is 0.716. The van der Waals surface area contributed by atoms with Gasteiger partial charge in [-0.3, -0.25) is 4.79 Å². The number of likely N-dealkylation sites (tertiary alicyclic amines) is 1. The van der Waals surface area contributed by atoms with E-state index in [1.165, 1.54) is 0 Å². The van der Waals surface area contributed by atoms with Gasteiger partial charge in [0.15, 0.2) is 0 Å². The van der Waals surface area contributed by atoms with Crippen LogP contribution in [0.1, 0.15) is 39.5 Å². The topological polar surface area (TPSA) is 20.3 Å². The molecule has 0 aromatic rings. The van der Waals surface area contributed by atoms with Gasteiger partial charge >= 0.3 is 0 Å². The van der Waals surface area contributed by atoms with Gasteiger partial charge in [0.25, 0.3) is 0 Å². The first-order valence-electron chi connectivity index (χ1n) is 5.57. The molecule has 3 heteroatoms. The molecule has 2 unspecified atom stereocenters. The van der Waals surface area contributed by atoms with Crippen molar-refractivity contribution >= 4 is 21.8 Å². The number of alkyl halides is 1. The van der Waals surface area contributed by atoms with Crippen molar-refractivity contribution in [1.82, 2.24) is 4.90 Å². The first-order valence-corrected chi connectivity index (χ1v) is 6.48. The lowest BCUT2D eigenvalue weighted by molar-refractivity contribution is -0.132. The van der Waals surface area contributed by atoms with Crippen LogP contribution in [0.15, 0.2) is 0 Å². The number of hydrogen-bond donors (Lipinski definition) is 0. The standard InChI is InChI=1S/C11H20BrNO/c1-3-4-5-11(14)13-7-6-10(12)9(2)8-13/h9-10H,3-8H2,1-2H3. The monoisotopic (exact) mass is 261 g/mol. The molecule has 0 aromatic heterocycles. The summed E-state index contributed by atoms with van der Waals surface area (Å²) in [6.45, 7) is 6.20. The summed E-state index contributed by atoms with van der Waals surface area (Å²) in [5, 5.41) is 0. The lowest BCUT2D eigenvalue weighted by Gasteiger charge is -2.34. The van der Waals surface area contributed by atoms with Crippen molar-refractivity contribution < 1.29 is 4.79 Å². The maximum atomic E-state index is 11.7. The third-order valence-corrected chi connectivity index (χ3v) is 4.26. The SMILES string of the molecule is CCCCC(=O)N1CCC(Br)C(C)C1. The molecule has 1 rings (SSSR count). The molecule has 0 saturated carbocycles. The second-order valence-electron chi connectivity index (χ2n) is 4.23. The Hall–Kier alpha value is -0.0500. The molecule has 1 aliphatic heterocycles. The molecule has 0 radical (unpaired) electrons. The van der Waals surface area contributed by atoms with E-state index in [2.05, 4.69) is 29.8 Å². The molecule has 1 heterocycles. The molecule has 0 N–H and O–H groups in total. The van der Waals surface area contributed by atoms with Crippen LogP contribution in [0.3, 0.4) is 0 Å². The molecule has 1 fully saturated rings. The summed E-state index contributed by atoms with van der Waals surface area (Å²) in [7, 11) is 0. The van der Waals surface area contributed by atoms with Gasteiger partial charge < -0.3 is 4.90 Å². The van der Waals surface area contributed by atoms with E-state index >= 15 is 0 Å². The number of hydrogen-bond acceptors (Lipinski definition) is 1. The zero-order chi connectivity index (χ0) is 10.6. The van der Waals surface area contributed by atoms with Crippen molar-refractivity contribution in [3.63, 3.8) is 0 Å². The number of amides is 1. The smallest absolute Gasteiger partial charge is 0.222 e. The molecule has 14 heavy (non-hydrogen) atoms. The van der Waals surface area contributed by atoms with Crippen LogP contribution in [0, 0.1) is 5.92 Å². The van der Waals surface area contributed by atoms with E-state index in [0.29, 0.717) is 16.7 Å².